The summed E-state index contributed by atoms with van der Waals surface area (Å²) in [6.45, 7) is 0.896. The smallest absolute Gasteiger partial charge is 0.318 e. The van der Waals surface area contributed by atoms with E-state index in [0.717, 1.165) is 24.2 Å². The number of benzene rings is 2. The van der Waals surface area contributed by atoms with Gasteiger partial charge in [0.2, 0.25) is 5.75 Å². The van der Waals surface area contributed by atoms with Crippen LogP contribution in [0, 0.1) is 10.1 Å². The summed E-state index contributed by atoms with van der Waals surface area (Å²) in [6.07, 6.45) is 1.44. The lowest BCUT2D eigenvalue weighted by Crippen LogP contribution is -3.00. The summed E-state index contributed by atoms with van der Waals surface area (Å²) in [7, 11) is 4.92. The Bertz CT molecular complexity index is 865. The van der Waals surface area contributed by atoms with Gasteiger partial charge in [-0.25, -0.2) is 4.58 Å². The fourth-order valence-electron chi connectivity index (χ4n) is 3.35. The summed E-state index contributed by atoms with van der Waals surface area (Å²) in [6, 6.07) is 11.7. The minimum absolute atomic E-state index is 0. The van der Waals surface area contributed by atoms with E-state index in [0.29, 0.717) is 17.7 Å². The van der Waals surface area contributed by atoms with Crippen LogP contribution >= 0.6 is 0 Å². The Morgan fingerprint density at radius 2 is 1.92 bits per heavy atom. The number of methoxy groups -OCH3 is 2. The SMILES string of the molecule is COc1ccc(C[14C]2=[N+](C)CCc3ccccc32)c([N+](=O)[O-])c1OC.[I-]. The van der Waals surface area contributed by atoms with E-state index in [1.54, 1.807) is 12.1 Å². The zero-order valence-electron chi connectivity index (χ0n) is 15.0. The van der Waals surface area contributed by atoms with Crippen LogP contribution in [0.4, 0.5) is 5.69 Å². The molecule has 0 fully saturated rings. The van der Waals surface area contributed by atoms with Crippen LogP contribution in [0.2, 0.25) is 0 Å². The van der Waals surface area contributed by atoms with Crippen molar-refractivity contribution in [3.8, 4) is 11.5 Å². The number of hydrogen-bond donors (Lipinski definition) is 0. The maximum absolute atomic E-state index is 11.7. The number of fused-ring (bicyclic) bond motifs is 1. The summed E-state index contributed by atoms with van der Waals surface area (Å²) in [5, 5.41) is 11.7. The van der Waals surface area contributed by atoms with E-state index in [1.165, 1.54) is 19.8 Å². The molecule has 0 atom stereocenters. The number of hydrogen-bond acceptors (Lipinski definition) is 4. The third-order valence-electron chi connectivity index (χ3n) is 4.65. The van der Waals surface area contributed by atoms with Crippen molar-refractivity contribution in [1.82, 2.24) is 0 Å². The van der Waals surface area contributed by atoms with Gasteiger partial charge in [-0.1, -0.05) is 18.2 Å². The molecule has 26 heavy (non-hydrogen) atoms. The van der Waals surface area contributed by atoms with Gasteiger partial charge in [0, 0.05) is 17.5 Å². The monoisotopic (exact) mass is 470 g/mol. The Morgan fingerprint density at radius 1 is 1.19 bits per heavy atom. The van der Waals surface area contributed by atoms with Crippen molar-refractivity contribution >= 4 is 11.4 Å². The van der Waals surface area contributed by atoms with Gasteiger partial charge in [0.1, 0.15) is 13.6 Å². The number of nitro groups is 1. The van der Waals surface area contributed by atoms with Crippen molar-refractivity contribution in [3.63, 3.8) is 0 Å². The van der Waals surface area contributed by atoms with Crippen LogP contribution in [0.5, 0.6) is 11.5 Å². The first-order chi connectivity index (χ1) is 12.1. The molecule has 1 aliphatic heterocycles. The van der Waals surface area contributed by atoms with Crippen molar-refractivity contribution < 1.29 is 42.9 Å². The highest BCUT2D eigenvalue weighted by Crippen LogP contribution is 2.40. The standard InChI is InChI=1S/C19H21N2O4.HI/c1-20-11-10-13-6-4-5-7-15(13)16(20)12-14-8-9-17(24-2)19(25-3)18(14)21(22)23;/h4-9H,10-12H2,1-3H3;1H/q+1;/p-1/i16+2;. The predicted octanol–water partition coefficient (Wildman–Crippen LogP) is -0.154. The molecule has 2 aromatic carbocycles. The summed E-state index contributed by atoms with van der Waals surface area (Å²) >= 11 is 0. The maximum Gasteiger partial charge on any atom is 0.318 e. The second-order valence-corrected chi connectivity index (χ2v) is 6.02. The number of rotatable bonds is 5. The van der Waals surface area contributed by atoms with Gasteiger partial charge in [0.15, 0.2) is 11.5 Å². The summed E-state index contributed by atoms with van der Waals surface area (Å²) in [4.78, 5) is 11.3. The van der Waals surface area contributed by atoms with Crippen LogP contribution in [-0.2, 0) is 12.8 Å². The minimum Gasteiger partial charge on any atom is -1.00 e. The lowest BCUT2D eigenvalue weighted by molar-refractivity contribution is -0.499. The molecule has 3 rings (SSSR count). The van der Waals surface area contributed by atoms with Crippen LogP contribution < -0.4 is 33.5 Å². The zero-order valence-corrected chi connectivity index (χ0v) is 17.1. The first-order valence-corrected chi connectivity index (χ1v) is 8.10. The summed E-state index contributed by atoms with van der Waals surface area (Å²) < 4.78 is 12.6. The van der Waals surface area contributed by atoms with E-state index in [2.05, 4.69) is 16.7 Å². The normalized spacial score (nSPS) is 12.9. The quantitative estimate of drug-likeness (QED) is 0.264. The Morgan fingerprint density at radius 3 is 2.58 bits per heavy atom. The average Bonchev–Trinajstić information content (AvgIpc) is 2.63. The van der Waals surface area contributed by atoms with Gasteiger partial charge in [0.05, 0.1) is 25.6 Å². The molecule has 0 aliphatic carbocycles. The molecule has 0 bridgehead atoms. The lowest BCUT2D eigenvalue weighted by Gasteiger charge is -2.17. The molecule has 1 heterocycles. The molecule has 138 valence electrons. The van der Waals surface area contributed by atoms with Crippen molar-refractivity contribution in [2.45, 2.75) is 12.8 Å². The molecule has 0 unspecified atom stereocenters. The third-order valence-corrected chi connectivity index (χ3v) is 4.65. The maximum atomic E-state index is 11.7. The molecule has 0 aromatic heterocycles. The van der Waals surface area contributed by atoms with Gasteiger partial charge in [-0.2, -0.15) is 0 Å². The number of ether oxygens (including phenoxy) is 2. The molecular weight excluding hydrogens is 449 g/mol. The van der Waals surface area contributed by atoms with Crippen molar-refractivity contribution in [2.75, 3.05) is 27.8 Å². The molecule has 0 saturated carbocycles. The molecule has 7 heteroatoms. The molecule has 0 amide bonds. The number of nitro benzene ring substituents is 1. The van der Waals surface area contributed by atoms with Crippen molar-refractivity contribution in [3.05, 3.63) is 63.2 Å². The average molecular weight is 470 g/mol. The topological polar surface area (TPSA) is 64.6 Å². The number of likely N-dealkylation sites (N-methyl/N-ethyl adjacent to an activating group) is 1. The largest absolute Gasteiger partial charge is 1.00 e. The highest BCUT2D eigenvalue weighted by Gasteiger charge is 2.30. The Kier molecular flexibility index (Phi) is 6.57. The van der Waals surface area contributed by atoms with Gasteiger partial charge < -0.3 is 33.5 Å². The Labute approximate surface area is 169 Å². The van der Waals surface area contributed by atoms with Crippen LogP contribution in [0.1, 0.15) is 16.7 Å². The van der Waals surface area contributed by atoms with E-state index >= 15 is 0 Å². The van der Waals surface area contributed by atoms with E-state index in [4.69, 9.17) is 9.47 Å². The van der Waals surface area contributed by atoms with E-state index < -0.39 is 4.92 Å². The van der Waals surface area contributed by atoms with Crippen LogP contribution in [0.25, 0.3) is 0 Å². The minimum atomic E-state index is -0.397. The zero-order chi connectivity index (χ0) is 18.0. The number of halogens is 1. The third kappa shape index (κ3) is 3.67. The van der Waals surface area contributed by atoms with E-state index in [1.807, 2.05) is 19.2 Å². The van der Waals surface area contributed by atoms with Gasteiger partial charge in [-0.15, -0.1) is 0 Å². The molecule has 0 N–H and O–H groups in total. The molecular formula is C19H21IN2O4. The Hall–Kier alpha value is -2.16. The van der Waals surface area contributed by atoms with Crippen LogP contribution in [-0.4, -0.2) is 43.0 Å². The molecule has 1 aliphatic rings. The van der Waals surface area contributed by atoms with E-state index in [-0.39, 0.29) is 35.4 Å². The fourth-order valence-corrected chi connectivity index (χ4v) is 3.35. The molecule has 0 radical (unpaired) electrons. The second kappa shape index (κ2) is 8.48. The highest BCUT2D eigenvalue weighted by molar-refractivity contribution is 6.00. The van der Waals surface area contributed by atoms with Gasteiger partial charge in [-0.3, -0.25) is 10.1 Å². The molecule has 2 aromatic rings. The predicted molar refractivity (Wildman–Crippen MR) is 95.2 cm³/mol. The second-order valence-electron chi connectivity index (χ2n) is 6.02. The lowest BCUT2D eigenvalue weighted by atomic mass is 10.1. The number of nitrogens with zero attached hydrogens (tertiary/aromatic N) is 2. The molecule has 6 nitrogen and oxygen atoms in total. The first-order valence-electron chi connectivity index (χ1n) is 8.10. The van der Waals surface area contributed by atoms with Gasteiger partial charge >= 0.3 is 5.69 Å². The summed E-state index contributed by atoms with van der Waals surface area (Å²) in [5.41, 5.74) is 4.09. The van der Waals surface area contributed by atoms with Crippen molar-refractivity contribution in [2.24, 2.45) is 0 Å². The highest BCUT2D eigenvalue weighted by atomic mass is 127. The van der Waals surface area contributed by atoms with Crippen LogP contribution in [0.15, 0.2) is 36.4 Å². The Balaban J connectivity index is 0.00000243. The van der Waals surface area contributed by atoms with Crippen molar-refractivity contribution in [1.29, 1.82) is 0 Å². The fraction of sp³-hybridized carbons (Fsp3) is 0.316. The molecule has 0 saturated heterocycles. The summed E-state index contributed by atoms with van der Waals surface area (Å²) in [5.74, 6) is 0.526. The van der Waals surface area contributed by atoms with Gasteiger partial charge in [0.25, 0.3) is 0 Å². The molecule has 0 spiro atoms. The van der Waals surface area contributed by atoms with E-state index in [9.17, 15) is 10.1 Å². The first kappa shape index (κ1) is 20.2. The van der Waals surface area contributed by atoms with Crippen LogP contribution in [0.3, 0.4) is 0 Å². The van der Waals surface area contributed by atoms with Gasteiger partial charge in [-0.05, 0) is 23.8 Å².